The van der Waals surface area contributed by atoms with Crippen LogP contribution in [0.5, 0.6) is 0 Å². The van der Waals surface area contributed by atoms with Gasteiger partial charge in [-0.3, -0.25) is 4.79 Å². The maximum absolute atomic E-state index is 12.6. The van der Waals surface area contributed by atoms with Gasteiger partial charge in [-0.1, -0.05) is 13.0 Å². The number of sulfonamides is 1. The third kappa shape index (κ3) is 5.37. The van der Waals surface area contributed by atoms with E-state index in [1.807, 2.05) is 23.3 Å². The summed E-state index contributed by atoms with van der Waals surface area (Å²) < 4.78 is 24.9. The minimum absolute atomic E-state index is 0.0275. The summed E-state index contributed by atoms with van der Waals surface area (Å²) in [6.07, 6.45) is 3.85. The Morgan fingerprint density at radius 3 is 2.95 bits per heavy atom. The van der Waals surface area contributed by atoms with Crippen LogP contribution >= 0.6 is 11.3 Å². The Labute approximate surface area is 136 Å². The Morgan fingerprint density at radius 2 is 2.32 bits per heavy atom. The largest absolute Gasteiger partial charge is 0.342 e. The second-order valence-corrected chi connectivity index (χ2v) is 8.96. The topological polar surface area (TPSA) is 66.5 Å². The maximum atomic E-state index is 12.6. The van der Waals surface area contributed by atoms with E-state index in [1.54, 1.807) is 11.3 Å². The van der Waals surface area contributed by atoms with E-state index in [-0.39, 0.29) is 17.7 Å². The number of piperidine rings is 1. The molecule has 2 atom stereocenters. The van der Waals surface area contributed by atoms with E-state index in [0.29, 0.717) is 13.1 Å². The third-order valence-corrected chi connectivity index (χ3v) is 5.56. The lowest BCUT2D eigenvalue weighted by Crippen LogP contribution is -2.45. The van der Waals surface area contributed by atoms with Gasteiger partial charge in [-0.15, -0.1) is 11.3 Å². The summed E-state index contributed by atoms with van der Waals surface area (Å²) in [6, 6.07) is 4.06. The zero-order valence-electron chi connectivity index (χ0n) is 13.1. The van der Waals surface area contributed by atoms with Gasteiger partial charge in [-0.2, -0.15) is 0 Å². The van der Waals surface area contributed by atoms with Crippen molar-refractivity contribution in [3.8, 4) is 0 Å². The van der Waals surface area contributed by atoms with E-state index in [2.05, 4.69) is 10.8 Å². The van der Waals surface area contributed by atoms with E-state index in [1.165, 1.54) is 11.1 Å². The van der Waals surface area contributed by atoms with Gasteiger partial charge in [0.15, 0.2) is 0 Å². The number of nitrogens with zero attached hydrogens (tertiary/aromatic N) is 1. The standard InChI is InChI=1S/C15H24N2O3S2/c1-12(9-14-6-4-8-21-14)15(18)17-7-3-5-13(11-17)10-16-22(2,19)20/h4,6,8,12-13,16H,3,5,7,9-11H2,1-2H3/t12-,13+/m0/s1. The highest BCUT2D eigenvalue weighted by Crippen LogP contribution is 2.21. The average molecular weight is 345 g/mol. The van der Waals surface area contributed by atoms with Gasteiger partial charge in [-0.05, 0) is 36.6 Å². The van der Waals surface area contributed by atoms with Gasteiger partial charge >= 0.3 is 0 Å². The molecule has 22 heavy (non-hydrogen) atoms. The second kappa shape index (κ2) is 7.57. The predicted octanol–water partition coefficient (Wildman–Crippen LogP) is 1.71. The quantitative estimate of drug-likeness (QED) is 0.854. The zero-order chi connectivity index (χ0) is 16.2. The van der Waals surface area contributed by atoms with Crippen molar-refractivity contribution in [1.29, 1.82) is 0 Å². The highest BCUT2D eigenvalue weighted by atomic mass is 32.2. The monoisotopic (exact) mass is 344 g/mol. The van der Waals surface area contributed by atoms with Crippen molar-refractivity contribution in [2.45, 2.75) is 26.2 Å². The molecule has 0 radical (unpaired) electrons. The molecule has 1 saturated heterocycles. The van der Waals surface area contributed by atoms with Crippen LogP contribution in [-0.2, 0) is 21.2 Å². The van der Waals surface area contributed by atoms with Gasteiger partial charge in [0.2, 0.25) is 15.9 Å². The molecule has 1 aliphatic heterocycles. The first kappa shape index (κ1) is 17.4. The fraction of sp³-hybridized carbons (Fsp3) is 0.667. The van der Waals surface area contributed by atoms with E-state index in [9.17, 15) is 13.2 Å². The molecule has 0 unspecified atom stereocenters. The fourth-order valence-corrected chi connectivity index (χ4v) is 4.20. The van der Waals surface area contributed by atoms with Crippen LogP contribution in [0.25, 0.3) is 0 Å². The predicted molar refractivity (Wildman–Crippen MR) is 89.3 cm³/mol. The van der Waals surface area contributed by atoms with Gasteiger partial charge in [0, 0.05) is 30.4 Å². The normalized spacial score (nSPS) is 20.8. The first-order chi connectivity index (χ1) is 10.3. The molecule has 1 fully saturated rings. The first-order valence-corrected chi connectivity index (χ1v) is 10.4. The molecule has 1 aromatic heterocycles. The molecule has 2 rings (SSSR count). The Morgan fingerprint density at radius 1 is 1.55 bits per heavy atom. The molecule has 0 aromatic carbocycles. The fourth-order valence-electron chi connectivity index (χ4n) is 2.83. The lowest BCUT2D eigenvalue weighted by atomic mass is 9.96. The van der Waals surface area contributed by atoms with Crippen molar-refractivity contribution in [2.24, 2.45) is 11.8 Å². The van der Waals surface area contributed by atoms with Gasteiger partial charge in [-0.25, -0.2) is 13.1 Å². The third-order valence-electron chi connectivity index (χ3n) is 3.97. The summed E-state index contributed by atoms with van der Waals surface area (Å²) >= 11 is 1.68. The Kier molecular flexibility index (Phi) is 6.00. The molecule has 1 aromatic rings. The minimum Gasteiger partial charge on any atom is -0.342 e. The number of hydrogen-bond acceptors (Lipinski definition) is 4. The molecule has 1 N–H and O–H groups in total. The highest BCUT2D eigenvalue weighted by Gasteiger charge is 2.27. The smallest absolute Gasteiger partial charge is 0.225 e. The van der Waals surface area contributed by atoms with Gasteiger partial charge in [0.05, 0.1) is 6.26 Å². The lowest BCUT2D eigenvalue weighted by molar-refractivity contribution is -0.136. The summed E-state index contributed by atoms with van der Waals surface area (Å²) in [5.41, 5.74) is 0. The number of hydrogen-bond donors (Lipinski definition) is 1. The van der Waals surface area contributed by atoms with Crippen LogP contribution in [0.2, 0.25) is 0 Å². The molecule has 5 nitrogen and oxygen atoms in total. The molecule has 0 aliphatic carbocycles. The van der Waals surface area contributed by atoms with E-state index < -0.39 is 10.0 Å². The molecule has 2 heterocycles. The molecule has 1 amide bonds. The number of amides is 1. The second-order valence-electron chi connectivity index (χ2n) is 6.10. The summed E-state index contributed by atoms with van der Waals surface area (Å²) in [4.78, 5) is 15.7. The van der Waals surface area contributed by atoms with Crippen LogP contribution in [0, 0.1) is 11.8 Å². The van der Waals surface area contributed by atoms with Crippen LogP contribution in [0.4, 0.5) is 0 Å². The number of rotatable bonds is 6. The molecule has 0 saturated carbocycles. The van der Waals surface area contributed by atoms with Gasteiger partial charge < -0.3 is 4.90 Å². The Balaban J connectivity index is 1.86. The highest BCUT2D eigenvalue weighted by molar-refractivity contribution is 7.88. The maximum Gasteiger partial charge on any atom is 0.225 e. The molecule has 7 heteroatoms. The van der Waals surface area contributed by atoms with E-state index in [4.69, 9.17) is 0 Å². The average Bonchev–Trinajstić information content (AvgIpc) is 2.97. The van der Waals surface area contributed by atoms with Crippen LogP contribution in [0.1, 0.15) is 24.6 Å². The molecular weight excluding hydrogens is 320 g/mol. The number of nitrogens with one attached hydrogen (secondary N) is 1. The number of carbonyl (C=O) groups is 1. The molecular formula is C15H24N2O3S2. The van der Waals surface area contributed by atoms with Crippen molar-refractivity contribution >= 4 is 27.3 Å². The van der Waals surface area contributed by atoms with Crippen molar-refractivity contribution in [3.05, 3.63) is 22.4 Å². The van der Waals surface area contributed by atoms with Crippen molar-refractivity contribution in [3.63, 3.8) is 0 Å². The van der Waals surface area contributed by atoms with Crippen molar-refractivity contribution in [2.75, 3.05) is 25.9 Å². The van der Waals surface area contributed by atoms with Gasteiger partial charge in [0.1, 0.15) is 0 Å². The van der Waals surface area contributed by atoms with Crippen LogP contribution < -0.4 is 4.72 Å². The van der Waals surface area contributed by atoms with Crippen molar-refractivity contribution < 1.29 is 13.2 Å². The van der Waals surface area contributed by atoms with E-state index in [0.717, 1.165) is 25.8 Å². The minimum atomic E-state index is -3.16. The summed E-state index contributed by atoms with van der Waals surface area (Å²) in [7, 11) is -3.16. The molecule has 0 spiro atoms. The lowest BCUT2D eigenvalue weighted by Gasteiger charge is -2.34. The summed E-state index contributed by atoms with van der Waals surface area (Å²) in [5.74, 6) is 0.360. The molecule has 1 aliphatic rings. The molecule has 0 bridgehead atoms. The van der Waals surface area contributed by atoms with Gasteiger partial charge in [0.25, 0.3) is 0 Å². The Bertz CT molecular complexity index is 584. The van der Waals surface area contributed by atoms with Crippen LogP contribution in [0.15, 0.2) is 17.5 Å². The zero-order valence-corrected chi connectivity index (χ0v) is 14.8. The number of carbonyl (C=O) groups excluding carboxylic acids is 1. The Hall–Kier alpha value is -0.920. The summed E-state index contributed by atoms with van der Waals surface area (Å²) in [6.45, 7) is 3.82. The van der Waals surface area contributed by atoms with E-state index >= 15 is 0 Å². The summed E-state index contributed by atoms with van der Waals surface area (Å²) in [5, 5.41) is 2.03. The van der Waals surface area contributed by atoms with Crippen molar-refractivity contribution in [1.82, 2.24) is 9.62 Å². The molecule has 124 valence electrons. The first-order valence-electron chi connectivity index (χ1n) is 7.61. The SMILES string of the molecule is C[C@@H](Cc1cccs1)C(=O)N1CCC[C@H](CNS(C)(=O)=O)C1. The number of thiophene rings is 1. The number of likely N-dealkylation sites (tertiary alicyclic amines) is 1. The van der Waals surface area contributed by atoms with Crippen LogP contribution in [-0.4, -0.2) is 45.1 Å². The van der Waals surface area contributed by atoms with Crippen LogP contribution in [0.3, 0.4) is 0 Å².